The van der Waals surface area contributed by atoms with Gasteiger partial charge in [-0.05, 0) is 71.6 Å². The molecule has 0 spiro atoms. The van der Waals surface area contributed by atoms with Gasteiger partial charge in [0.25, 0.3) is 0 Å². The number of benzene rings is 1. The van der Waals surface area contributed by atoms with Crippen LogP contribution in [-0.2, 0) is 0 Å². The maximum atomic E-state index is 3.42. The maximum absolute atomic E-state index is 3.42. The molecule has 0 bridgehead atoms. The minimum absolute atomic E-state index is 0.298. The van der Waals surface area contributed by atoms with Crippen molar-refractivity contribution in [3.63, 3.8) is 0 Å². The van der Waals surface area contributed by atoms with Gasteiger partial charge in [0.2, 0.25) is 0 Å². The lowest BCUT2D eigenvalue weighted by molar-refractivity contribution is 0.690. The molecule has 1 N–H and O–H groups in total. The Morgan fingerprint density at radius 1 is 1.29 bits per heavy atom. The lowest BCUT2D eigenvalue weighted by Crippen LogP contribution is -2.18. The Morgan fingerprint density at radius 3 is 2.65 bits per heavy atom. The molecule has 0 radical (unpaired) electrons. The highest BCUT2D eigenvalue weighted by atomic mass is 127. The van der Waals surface area contributed by atoms with E-state index in [9.17, 15) is 0 Å². The van der Waals surface area contributed by atoms with E-state index >= 15 is 0 Å². The number of halogens is 1. The molecule has 2 rings (SSSR count). The number of aryl methyl sites for hydroxylation is 2. The lowest BCUT2D eigenvalue weighted by atomic mass is 9.99. The number of nitrogens with one attached hydrogen (secondary N) is 1. The molecule has 1 aromatic heterocycles. The van der Waals surface area contributed by atoms with Gasteiger partial charge in [-0.25, -0.2) is 0 Å². The van der Waals surface area contributed by atoms with Crippen LogP contribution >= 0.6 is 33.9 Å². The summed E-state index contributed by atoms with van der Waals surface area (Å²) in [4.78, 5) is 1.36. The Hall–Kier alpha value is -0.390. The van der Waals surface area contributed by atoms with E-state index in [1.807, 2.05) is 18.4 Å². The minimum Gasteiger partial charge on any atom is -0.309 e. The Kier molecular flexibility index (Phi) is 4.22. The average molecular weight is 357 g/mol. The molecule has 1 atom stereocenters. The van der Waals surface area contributed by atoms with Crippen LogP contribution in [0.15, 0.2) is 29.6 Å². The van der Waals surface area contributed by atoms with Crippen LogP contribution in [-0.4, -0.2) is 7.05 Å². The number of thiophene rings is 1. The lowest BCUT2D eigenvalue weighted by Gasteiger charge is -2.18. The molecular formula is C14H16INS. The van der Waals surface area contributed by atoms with E-state index in [-0.39, 0.29) is 0 Å². The molecule has 0 amide bonds. The van der Waals surface area contributed by atoms with Gasteiger partial charge >= 0.3 is 0 Å². The summed E-state index contributed by atoms with van der Waals surface area (Å²) >= 11 is 4.25. The molecule has 0 aliphatic carbocycles. The van der Waals surface area contributed by atoms with Gasteiger partial charge < -0.3 is 5.32 Å². The van der Waals surface area contributed by atoms with Crippen molar-refractivity contribution in [2.75, 3.05) is 7.05 Å². The molecule has 3 heteroatoms. The zero-order valence-corrected chi connectivity index (χ0v) is 13.2. The Morgan fingerprint density at radius 2 is 2.06 bits per heavy atom. The van der Waals surface area contributed by atoms with Gasteiger partial charge in [0.1, 0.15) is 0 Å². The molecule has 1 heterocycles. The van der Waals surface area contributed by atoms with Crippen LogP contribution in [0.25, 0.3) is 0 Å². The van der Waals surface area contributed by atoms with Crippen molar-refractivity contribution in [3.05, 3.63) is 54.8 Å². The molecule has 1 aromatic carbocycles. The van der Waals surface area contributed by atoms with Crippen LogP contribution in [0.2, 0.25) is 0 Å². The maximum Gasteiger partial charge on any atom is 0.0593 e. The monoisotopic (exact) mass is 357 g/mol. The summed E-state index contributed by atoms with van der Waals surface area (Å²) in [6, 6.07) is 9.08. The summed E-state index contributed by atoms with van der Waals surface area (Å²) < 4.78 is 1.35. The smallest absolute Gasteiger partial charge is 0.0593 e. The van der Waals surface area contributed by atoms with Crippen molar-refractivity contribution in [1.82, 2.24) is 5.32 Å². The Bertz CT molecular complexity index is 519. The molecule has 2 aromatic rings. The summed E-state index contributed by atoms with van der Waals surface area (Å²) in [5.41, 5.74) is 4.07. The van der Waals surface area contributed by atoms with E-state index in [0.717, 1.165) is 0 Å². The fourth-order valence-corrected chi connectivity index (χ4v) is 3.41. The summed E-state index contributed by atoms with van der Waals surface area (Å²) in [7, 11) is 2.02. The molecule has 1 unspecified atom stereocenters. The summed E-state index contributed by atoms with van der Waals surface area (Å²) in [5, 5.41) is 5.66. The minimum atomic E-state index is 0.298. The van der Waals surface area contributed by atoms with Gasteiger partial charge in [0.15, 0.2) is 0 Å². The van der Waals surface area contributed by atoms with Crippen LogP contribution in [0.3, 0.4) is 0 Å². The largest absolute Gasteiger partial charge is 0.309 e. The van der Waals surface area contributed by atoms with E-state index in [2.05, 4.69) is 71.4 Å². The second-order valence-corrected chi connectivity index (χ2v) is 6.38. The standard InChI is InChI=1S/C14H16INS/c1-9-5-4-6-12(13(9)15)14(16-3)11-7-10(2)17-8-11/h4-8,14,16H,1-3H3. The van der Waals surface area contributed by atoms with Crippen molar-refractivity contribution in [2.45, 2.75) is 19.9 Å². The van der Waals surface area contributed by atoms with E-state index in [4.69, 9.17) is 0 Å². The molecule has 0 fully saturated rings. The molecule has 17 heavy (non-hydrogen) atoms. The van der Waals surface area contributed by atoms with E-state index in [0.29, 0.717) is 6.04 Å². The van der Waals surface area contributed by atoms with Crippen molar-refractivity contribution >= 4 is 33.9 Å². The molecule has 0 saturated heterocycles. The first-order valence-corrected chi connectivity index (χ1v) is 7.56. The molecule has 0 aliphatic heterocycles. The third-order valence-electron chi connectivity index (χ3n) is 2.91. The average Bonchev–Trinajstić information content (AvgIpc) is 2.72. The van der Waals surface area contributed by atoms with E-state index in [1.165, 1.54) is 25.1 Å². The van der Waals surface area contributed by atoms with Gasteiger partial charge in [-0.2, -0.15) is 0 Å². The van der Waals surface area contributed by atoms with Crippen LogP contribution in [0, 0.1) is 17.4 Å². The summed E-state index contributed by atoms with van der Waals surface area (Å²) in [6.45, 7) is 4.32. The first-order valence-electron chi connectivity index (χ1n) is 5.60. The number of hydrogen-bond acceptors (Lipinski definition) is 2. The molecular weight excluding hydrogens is 341 g/mol. The van der Waals surface area contributed by atoms with Gasteiger partial charge in [-0.1, -0.05) is 18.2 Å². The second-order valence-electron chi connectivity index (χ2n) is 4.19. The predicted molar refractivity (Wildman–Crippen MR) is 83.9 cm³/mol. The fraction of sp³-hybridized carbons (Fsp3) is 0.286. The Balaban J connectivity index is 2.45. The highest BCUT2D eigenvalue weighted by Crippen LogP contribution is 2.30. The fourth-order valence-electron chi connectivity index (χ4n) is 2.01. The van der Waals surface area contributed by atoms with E-state index in [1.54, 1.807) is 0 Å². The third-order valence-corrected chi connectivity index (χ3v) is 5.26. The predicted octanol–water partition coefficient (Wildman–Crippen LogP) is 4.28. The first kappa shape index (κ1) is 13.1. The normalized spacial score (nSPS) is 12.7. The van der Waals surface area contributed by atoms with Crippen molar-refractivity contribution in [3.8, 4) is 0 Å². The van der Waals surface area contributed by atoms with Gasteiger partial charge in [0.05, 0.1) is 6.04 Å². The first-order chi connectivity index (χ1) is 8.13. The molecule has 90 valence electrons. The summed E-state index contributed by atoms with van der Waals surface area (Å²) in [6.07, 6.45) is 0. The van der Waals surface area contributed by atoms with Gasteiger partial charge in [-0.15, -0.1) is 11.3 Å². The third kappa shape index (κ3) is 2.72. The Labute approximate surface area is 120 Å². The zero-order chi connectivity index (χ0) is 12.4. The molecule has 0 saturated carbocycles. The highest BCUT2D eigenvalue weighted by molar-refractivity contribution is 14.1. The summed E-state index contributed by atoms with van der Waals surface area (Å²) in [5.74, 6) is 0. The topological polar surface area (TPSA) is 12.0 Å². The van der Waals surface area contributed by atoms with Crippen LogP contribution in [0.1, 0.15) is 27.6 Å². The van der Waals surface area contributed by atoms with E-state index < -0.39 is 0 Å². The van der Waals surface area contributed by atoms with Crippen molar-refractivity contribution in [2.24, 2.45) is 0 Å². The van der Waals surface area contributed by atoms with Crippen molar-refractivity contribution < 1.29 is 0 Å². The van der Waals surface area contributed by atoms with Gasteiger partial charge in [-0.3, -0.25) is 0 Å². The second kappa shape index (κ2) is 5.50. The van der Waals surface area contributed by atoms with Crippen molar-refractivity contribution in [1.29, 1.82) is 0 Å². The molecule has 1 nitrogen and oxygen atoms in total. The van der Waals surface area contributed by atoms with Crippen LogP contribution in [0.4, 0.5) is 0 Å². The van der Waals surface area contributed by atoms with Crippen LogP contribution in [0.5, 0.6) is 0 Å². The highest BCUT2D eigenvalue weighted by Gasteiger charge is 2.16. The number of rotatable bonds is 3. The molecule has 0 aliphatic rings. The van der Waals surface area contributed by atoms with Gasteiger partial charge in [0, 0.05) is 8.45 Å². The number of hydrogen-bond donors (Lipinski definition) is 1. The van der Waals surface area contributed by atoms with Crippen LogP contribution < -0.4 is 5.32 Å². The SMILES string of the molecule is CNC(c1csc(C)c1)c1cccc(C)c1I. The zero-order valence-electron chi connectivity index (χ0n) is 10.3. The quantitative estimate of drug-likeness (QED) is 0.809.